The number of nitrogens with two attached hydrogens (primary N) is 1. The van der Waals surface area contributed by atoms with E-state index in [1.165, 1.54) is 13.0 Å². The van der Waals surface area contributed by atoms with E-state index in [1.807, 2.05) is 0 Å². The summed E-state index contributed by atoms with van der Waals surface area (Å²) in [5.74, 6) is -0.951. The van der Waals surface area contributed by atoms with E-state index in [0.717, 1.165) is 6.07 Å². The van der Waals surface area contributed by atoms with E-state index in [4.69, 9.17) is 5.73 Å². The molecule has 0 aliphatic carbocycles. The third kappa shape index (κ3) is 3.27. The minimum atomic E-state index is -4.15. The standard InChI is InChI=1S/C13H15FN4O2S/c1-7-4-10(15)6-11(12(7)14)21(19,20)18-13-16-8(2)5-9(3)17-13/h4-6H,15H2,1-3H3,(H,16,17,18). The van der Waals surface area contributed by atoms with Gasteiger partial charge in [-0.2, -0.15) is 0 Å². The lowest BCUT2D eigenvalue weighted by Gasteiger charge is -2.10. The lowest BCUT2D eigenvalue weighted by molar-refractivity contribution is 0.565. The van der Waals surface area contributed by atoms with Gasteiger partial charge in [-0.05, 0) is 44.5 Å². The Morgan fingerprint density at radius 1 is 1.10 bits per heavy atom. The van der Waals surface area contributed by atoms with Gasteiger partial charge >= 0.3 is 0 Å². The summed E-state index contributed by atoms with van der Waals surface area (Å²) in [6.45, 7) is 4.85. The van der Waals surface area contributed by atoms with Crippen LogP contribution in [0.1, 0.15) is 17.0 Å². The molecule has 0 aliphatic heterocycles. The van der Waals surface area contributed by atoms with Crippen molar-refractivity contribution in [2.24, 2.45) is 0 Å². The van der Waals surface area contributed by atoms with Crippen molar-refractivity contribution in [3.63, 3.8) is 0 Å². The van der Waals surface area contributed by atoms with Crippen molar-refractivity contribution in [2.75, 3.05) is 10.5 Å². The predicted molar refractivity (Wildman–Crippen MR) is 77.9 cm³/mol. The zero-order chi connectivity index (χ0) is 15.8. The van der Waals surface area contributed by atoms with Crippen LogP contribution in [0, 0.1) is 26.6 Å². The molecule has 0 unspecified atom stereocenters. The van der Waals surface area contributed by atoms with Crippen molar-refractivity contribution in [1.29, 1.82) is 0 Å². The van der Waals surface area contributed by atoms with Gasteiger partial charge < -0.3 is 5.73 Å². The van der Waals surface area contributed by atoms with Gasteiger partial charge in [-0.3, -0.25) is 0 Å². The molecule has 0 aliphatic rings. The second-order valence-corrected chi connectivity index (χ2v) is 6.38. The molecule has 6 nitrogen and oxygen atoms in total. The van der Waals surface area contributed by atoms with Crippen LogP contribution in [0.25, 0.3) is 0 Å². The second-order valence-electron chi connectivity index (χ2n) is 4.73. The van der Waals surface area contributed by atoms with E-state index in [-0.39, 0.29) is 17.2 Å². The minimum absolute atomic E-state index is 0.105. The Morgan fingerprint density at radius 3 is 2.24 bits per heavy atom. The van der Waals surface area contributed by atoms with Gasteiger partial charge in [0.05, 0.1) is 0 Å². The Kier molecular flexibility index (Phi) is 3.82. The molecule has 0 amide bonds. The smallest absolute Gasteiger partial charge is 0.267 e. The number of nitrogen functional groups attached to an aromatic ring is 1. The Morgan fingerprint density at radius 2 is 1.67 bits per heavy atom. The molecule has 0 bridgehead atoms. The largest absolute Gasteiger partial charge is 0.399 e. The van der Waals surface area contributed by atoms with Gasteiger partial charge in [0, 0.05) is 17.1 Å². The molecule has 0 saturated carbocycles. The van der Waals surface area contributed by atoms with Crippen LogP contribution in [0.5, 0.6) is 0 Å². The average Bonchev–Trinajstić information content (AvgIpc) is 2.31. The molecule has 112 valence electrons. The molecule has 0 atom stereocenters. The number of rotatable bonds is 3. The lowest BCUT2D eigenvalue weighted by Crippen LogP contribution is -2.18. The molecule has 2 rings (SSSR count). The third-order valence-electron chi connectivity index (χ3n) is 2.74. The summed E-state index contributed by atoms with van der Waals surface area (Å²) in [5, 5.41) is 0. The number of hydrogen-bond donors (Lipinski definition) is 2. The van der Waals surface area contributed by atoms with Gasteiger partial charge in [-0.15, -0.1) is 0 Å². The normalized spacial score (nSPS) is 11.4. The first kappa shape index (κ1) is 15.2. The zero-order valence-corrected chi connectivity index (χ0v) is 12.6. The maximum atomic E-state index is 14.0. The fourth-order valence-corrected chi connectivity index (χ4v) is 3.04. The molecule has 0 radical (unpaired) electrons. The van der Waals surface area contributed by atoms with Crippen LogP contribution < -0.4 is 10.5 Å². The SMILES string of the molecule is Cc1cc(C)nc(NS(=O)(=O)c2cc(N)cc(C)c2F)n1. The molecule has 1 aromatic heterocycles. The van der Waals surface area contributed by atoms with E-state index in [1.54, 1.807) is 19.9 Å². The molecular formula is C13H15FN4O2S. The van der Waals surface area contributed by atoms with Crippen LogP contribution in [0.4, 0.5) is 16.0 Å². The van der Waals surface area contributed by atoms with Crippen LogP contribution >= 0.6 is 0 Å². The first-order valence-electron chi connectivity index (χ1n) is 6.10. The maximum absolute atomic E-state index is 14.0. The van der Waals surface area contributed by atoms with E-state index in [9.17, 15) is 12.8 Å². The highest BCUT2D eigenvalue weighted by Gasteiger charge is 2.22. The van der Waals surface area contributed by atoms with Crippen LogP contribution in [0.3, 0.4) is 0 Å². The van der Waals surface area contributed by atoms with Crippen LogP contribution in [0.2, 0.25) is 0 Å². The van der Waals surface area contributed by atoms with Crippen molar-refractivity contribution in [3.05, 3.63) is 41.0 Å². The minimum Gasteiger partial charge on any atom is -0.399 e. The van der Waals surface area contributed by atoms with Crippen molar-refractivity contribution in [2.45, 2.75) is 25.7 Å². The molecule has 0 fully saturated rings. The van der Waals surface area contributed by atoms with Gasteiger partial charge in [0.2, 0.25) is 5.95 Å². The molecule has 1 aromatic carbocycles. The number of nitrogens with zero attached hydrogens (tertiary/aromatic N) is 2. The third-order valence-corrected chi connectivity index (χ3v) is 4.07. The number of halogens is 1. The summed E-state index contributed by atoms with van der Waals surface area (Å²) >= 11 is 0. The van der Waals surface area contributed by atoms with E-state index in [2.05, 4.69) is 14.7 Å². The average molecular weight is 310 g/mol. The number of hydrogen-bond acceptors (Lipinski definition) is 5. The van der Waals surface area contributed by atoms with Gasteiger partial charge in [0.25, 0.3) is 10.0 Å². The zero-order valence-electron chi connectivity index (χ0n) is 11.8. The number of anilines is 2. The Bertz CT molecular complexity index is 786. The number of sulfonamides is 1. The molecule has 3 N–H and O–H groups in total. The highest BCUT2D eigenvalue weighted by Crippen LogP contribution is 2.23. The quantitative estimate of drug-likeness (QED) is 0.844. The summed E-state index contributed by atoms with van der Waals surface area (Å²) in [6, 6.07) is 4.12. The summed E-state index contributed by atoms with van der Waals surface area (Å²) < 4.78 is 40.7. The Labute approximate surface area is 122 Å². The van der Waals surface area contributed by atoms with E-state index in [0.29, 0.717) is 11.4 Å². The number of benzene rings is 1. The molecular weight excluding hydrogens is 295 g/mol. The van der Waals surface area contributed by atoms with Gasteiger partial charge in [0.1, 0.15) is 10.7 Å². The van der Waals surface area contributed by atoms with Crippen molar-refractivity contribution < 1.29 is 12.8 Å². The Hall–Kier alpha value is -2.22. The van der Waals surface area contributed by atoms with Gasteiger partial charge in [-0.25, -0.2) is 27.5 Å². The topological polar surface area (TPSA) is 98.0 Å². The fourth-order valence-electron chi connectivity index (χ4n) is 1.91. The van der Waals surface area contributed by atoms with E-state index >= 15 is 0 Å². The molecule has 21 heavy (non-hydrogen) atoms. The van der Waals surface area contributed by atoms with E-state index < -0.39 is 20.7 Å². The monoisotopic (exact) mass is 310 g/mol. The van der Waals surface area contributed by atoms with Gasteiger partial charge in [-0.1, -0.05) is 0 Å². The molecule has 1 heterocycles. The number of aryl methyl sites for hydroxylation is 3. The maximum Gasteiger partial charge on any atom is 0.267 e. The van der Waals surface area contributed by atoms with Crippen LogP contribution in [0.15, 0.2) is 23.1 Å². The molecule has 0 spiro atoms. The van der Waals surface area contributed by atoms with Crippen LogP contribution in [-0.2, 0) is 10.0 Å². The highest BCUT2D eigenvalue weighted by atomic mass is 32.2. The molecule has 2 aromatic rings. The van der Waals surface area contributed by atoms with Crippen molar-refractivity contribution in [3.8, 4) is 0 Å². The number of nitrogens with one attached hydrogen (secondary N) is 1. The Balaban J connectivity index is 2.48. The predicted octanol–water partition coefficient (Wildman–Crippen LogP) is 1.92. The summed E-state index contributed by atoms with van der Waals surface area (Å²) in [5.41, 5.74) is 7.09. The van der Waals surface area contributed by atoms with Crippen molar-refractivity contribution >= 4 is 21.7 Å². The lowest BCUT2D eigenvalue weighted by atomic mass is 10.2. The summed E-state index contributed by atoms with van der Waals surface area (Å²) in [4.78, 5) is 7.40. The fraction of sp³-hybridized carbons (Fsp3) is 0.231. The first-order valence-corrected chi connectivity index (χ1v) is 7.58. The molecule has 0 saturated heterocycles. The first-order chi connectivity index (χ1) is 9.69. The van der Waals surface area contributed by atoms with Gasteiger partial charge in [0.15, 0.2) is 0 Å². The highest BCUT2D eigenvalue weighted by molar-refractivity contribution is 7.92. The molecule has 8 heteroatoms. The summed E-state index contributed by atoms with van der Waals surface area (Å²) in [6.07, 6.45) is 0. The summed E-state index contributed by atoms with van der Waals surface area (Å²) in [7, 11) is -4.15. The van der Waals surface area contributed by atoms with Crippen molar-refractivity contribution in [1.82, 2.24) is 9.97 Å². The number of aromatic nitrogens is 2. The second kappa shape index (κ2) is 5.28. The van der Waals surface area contributed by atoms with Crippen LogP contribution in [-0.4, -0.2) is 18.4 Å².